The Morgan fingerprint density at radius 2 is 2.00 bits per heavy atom. The highest BCUT2D eigenvalue weighted by Gasteiger charge is 2.27. The molecule has 0 radical (unpaired) electrons. The number of thiazole rings is 1. The number of rotatable bonds is 6. The summed E-state index contributed by atoms with van der Waals surface area (Å²) in [6, 6.07) is 14.5. The van der Waals surface area contributed by atoms with E-state index in [-0.39, 0.29) is 23.7 Å². The molecular formula is C27H22ClF2N7O3S. The van der Waals surface area contributed by atoms with Crippen LogP contribution >= 0.6 is 22.9 Å². The Labute approximate surface area is 240 Å². The van der Waals surface area contributed by atoms with Crippen molar-refractivity contribution >= 4 is 45.6 Å². The summed E-state index contributed by atoms with van der Waals surface area (Å²) in [5.41, 5.74) is 8.66. The van der Waals surface area contributed by atoms with E-state index in [1.54, 1.807) is 37.4 Å². The number of aromatic amines is 1. The molecule has 0 saturated heterocycles. The largest absolute Gasteiger partial charge is 0.476 e. The smallest absolute Gasteiger partial charge is 0.358 e. The van der Waals surface area contributed by atoms with Gasteiger partial charge in [-0.3, -0.25) is 0 Å². The number of nitrogens with zero attached hydrogens (tertiary/aromatic N) is 5. The third-order valence-electron chi connectivity index (χ3n) is 5.83. The van der Waals surface area contributed by atoms with Crippen molar-refractivity contribution in [2.45, 2.75) is 26.3 Å². The average Bonchev–Trinajstić information content (AvgIpc) is 3.70. The molecule has 0 bridgehead atoms. The Kier molecular flexibility index (Phi) is 7.56. The van der Waals surface area contributed by atoms with Crippen LogP contribution in [0.5, 0.6) is 0 Å². The normalized spacial score (nSPS) is 11.4. The van der Waals surface area contributed by atoms with Gasteiger partial charge in [0.25, 0.3) is 5.92 Å². The van der Waals surface area contributed by atoms with Crippen molar-refractivity contribution in [1.29, 1.82) is 0 Å². The van der Waals surface area contributed by atoms with E-state index >= 15 is 0 Å². The molecule has 2 aromatic carbocycles. The molecule has 41 heavy (non-hydrogen) atoms. The lowest BCUT2D eigenvalue weighted by Crippen LogP contribution is -2.09. The van der Waals surface area contributed by atoms with Gasteiger partial charge in [-0.15, -0.1) is 11.3 Å². The molecule has 210 valence electrons. The zero-order valence-corrected chi connectivity index (χ0v) is 23.2. The second-order valence-electron chi connectivity index (χ2n) is 8.96. The topological polar surface area (TPSA) is 149 Å². The van der Waals surface area contributed by atoms with E-state index in [9.17, 15) is 13.6 Å². The Bertz CT molecular complexity index is 1850. The van der Waals surface area contributed by atoms with Gasteiger partial charge in [-0.05, 0) is 18.2 Å². The summed E-state index contributed by atoms with van der Waals surface area (Å²) in [7, 11) is 0. The number of aromatic nitrogens is 6. The number of hydrogen-bond donors (Lipinski definition) is 3. The number of nitrogen functional groups attached to an aromatic ring is 1. The number of carbonyl (C=O) groups is 1. The van der Waals surface area contributed by atoms with Crippen LogP contribution in [0, 0.1) is 6.92 Å². The first-order valence-corrected chi connectivity index (χ1v) is 13.3. The molecule has 0 aliphatic carbocycles. The van der Waals surface area contributed by atoms with E-state index in [4.69, 9.17) is 26.9 Å². The van der Waals surface area contributed by atoms with Crippen molar-refractivity contribution in [3.63, 3.8) is 0 Å². The molecule has 0 fully saturated rings. The molecule has 0 spiro atoms. The van der Waals surface area contributed by atoms with E-state index in [0.717, 1.165) is 34.7 Å². The fourth-order valence-electron chi connectivity index (χ4n) is 4.03. The van der Waals surface area contributed by atoms with Crippen LogP contribution in [0.4, 0.5) is 14.6 Å². The van der Waals surface area contributed by atoms with Crippen LogP contribution in [0.1, 0.15) is 34.0 Å². The molecule has 0 atom stereocenters. The summed E-state index contributed by atoms with van der Waals surface area (Å²) in [6.07, 6.45) is 1.61. The van der Waals surface area contributed by atoms with Gasteiger partial charge in [0, 0.05) is 40.7 Å². The zero-order chi connectivity index (χ0) is 29.3. The second-order valence-corrected chi connectivity index (χ2v) is 10.3. The Morgan fingerprint density at radius 3 is 2.71 bits per heavy atom. The van der Waals surface area contributed by atoms with E-state index in [1.165, 1.54) is 10.2 Å². The molecule has 6 aromatic rings. The third kappa shape index (κ3) is 6.10. The van der Waals surface area contributed by atoms with Crippen LogP contribution in [0.2, 0.25) is 5.02 Å². The maximum Gasteiger partial charge on any atom is 0.358 e. The fourth-order valence-corrected chi connectivity index (χ4v) is 5.07. The van der Waals surface area contributed by atoms with Crippen LogP contribution in [-0.4, -0.2) is 41.0 Å². The maximum atomic E-state index is 13.3. The molecule has 0 saturated carbocycles. The van der Waals surface area contributed by atoms with Crippen molar-refractivity contribution < 1.29 is 23.1 Å². The van der Waals surface area contributed by atoms with E-state index < -0.39 is 11.9 Å². The van der Waals surface area contributed by atoms with E-state index in [0.29, 0.717) is 33.0 Å². The number of nitrogens with two attached hydrogens (primary N) is 1. The van der Waals surface area contributed by atoms with Gasteiger partial charge < -0.3 is 20.2 Å². The van der Waals surface area contributed by atoms with Crippen LogP contribution in [0.3, 0.4) is 0 Å². The summed E-state index contributed by atoms with van der Waals surface area (Å²) in [5.74, 6) is -3.02. The number of fused-ring (bicyclic) bond motifs is 1. The lowest BCUT2D eigenvalue weighted by atomic mass is 10.1. The SMILES string of the molecule is CC(F)(F)c1csc(Cn2ncc(-c3c(N)[nH]c4ccccc34)n2)n1.Cc1nc(C(=O)O)c(-c2cccc(Cl)c2)o1. The first-order chi connectivity index (χ1) is 19.5. The van der Waals surface area contributed by atoms with Crippen LogP contribution in [-0.2, 0) is 12.5 Å². The Morgan fingerprint density at radius 1 is 1.22 bits per heavy atom. The van der Waals surface area contributed by atoms with Gasteiger partial charge in [-0.1, -0.05) is 41.9 Å². The first-order valence-electron chi connectivity index (χ1n) is 12.1. The van der Waals surface area contributed by atoms with Crippen molar-refractivity contribution in [1.82, 2.24) is 29.9 Å². The van der Waals surface area contributed by atoms with Crippen molar-refractivity contribution in [2.75, 3.05) is 5.73 Å². The molecule has 4 heterocycles. The number of hydrogen-bond acceptors (Lipinski definition) is 8. The monoisotopic (exact) mass is 597 g/mol. The number of aryl methyl sites for hydroxylation is 1. The summed E-state index contributed by atoms with van der Waals surface area (Å²) in [4.78, 5) is 23.2. The van der Waals surface area contributed by atoms with Crippen molar-refractivity contribution in [2.24, 2.45) is 0 Å². The number of anilines is 1. The highest BCUT2D eigenvalue weighted by atomic mass is 35.5. The summed E-state index contributed by atoms with van der Waals surface area (Å²) >= 11 is 6.98. The number of aromatic carboxylic acids is 1. The number of halogens is 3. The average molecular weight is 598 g/mol. The lowest BCUT2D eigenvalue weighted by molar-refractivity contribution is 0.0132. The van der Waals surface area contributed by atoms with Crippen LogP contribution < -0.4 is 5.73 Å². The molecule has 10 nitrogen and oxygen atoms in total. The van der Waals surface area contributed by atoms with Gasteiger partial charge in [0.05, 0.1) is 11.8 Å². The number of benzene rings is 2. The Hall–Kier alpha value is -4.62. The van der Waals surface area contributed by atoms with Crippen molar-refractivity contribution in [3.8, 4) is 22.6 Å². The molecule has 14 heteroatoms. The third-order valence-corrected chi connectivity index (χ3v) is 6.90. The van der Waals surface area contributed by atoms with E-state index in [1.807, 2.05) is 24.3 Å². The molecular weight excluding hydrogens is 576 g/mol. The zero-order valence-electron chi connectivity index (χ0n) is 21.6. The molecule has 0 amide bonds. The summed E-state index contributed by atoms with van der Waals surface area (Å²) in [6.45, 7) is 2.65. The van der Waals surface area contributed by atoms with Gasteiger partial charge in [0.2, 0.25) is 0 Å². The lowest BCUT2D eigenvalue weighted by Gasteiger charge is -2.04. The number of oxazole rings is 1. The van der Waals surface area contributed by atoms with Crippen LogP contribution in [0.15, 0.2) is 64.5 Å². The molecule has 6 rings (SSSR count). The van der Waals surface area contributed by atoms with Gasteiger partial charge in [0.15, 0.2) is 17.3 Å². The number of para-hydroxylation sites is 1. The predicted molar refractivity (Wildman–Crippen MR) is 151 cm³/mol. The minimum atomic E-state index is -2.95. The highest BCUT2D eigenvalue weighted by molar-refractivity contribution is 7.09. The first kappa shape index (κ1) is 27.9. The van der Waals surface area contributed by atoms with Crippen molar-refractivity contribution in [3.05, 3.63) is 87.4 Å². The number of H-pyrrole nitrogens is 1. The van der Waals surface area contributed by atoms with Gasteiger partial charge in [-0.2, -0.15) is 23.8 Å². The molecule has 0 aliphatic heterocycles. The Balaban J connectivity index is 0.000000182. The van der Waals surface area contributed by atoms with Gasteiger partial charge >= 0.3 is 5.97 Å². The minimum absolute atomic E-state index is 0.0974. The maximum absolute atomic E-state index is 13.3. The molecule has 4 aromatic heterocycles. The van der Waals surface area contributed by atoms with Gasteiger partial charge in [-0.25, -0.2) is 14.8 Å². The van der Waals surface area contributed by atoms with Gasteiger partial charge in [0.1, 0.15) is 28.8 Å². The standard InChI is InChI=1S/C16H14F2N6S.C11H8ClNO3/c1-16(17,18)12-8-25-13(22-12)7-24-20-6-11(23-24)14-9-4-2-3-5-10(9)21-15(14)19;1-6-13-9(11(14)15)10(16-6)7-3-2-4-8(12)5-7/h2-6,8,21H,7,19H2,1H3;2-5H,1H3,(H,14,15). The second kappa shape index (κ2) is 11.1. The number of carboxylic acid groups (broad SMARTS) is 1. The quantitative estimate of drug-likeness (QED) is 0.194. The fraction of sp³-hybridized carbons (Fsp3) is 0.148. The molecule has 4 N–H and O–H groups in total. The summed E-state index contributed by atoms with van der Waals surface area (Å²) < 4.78 is 31.8. The number of carboxylic acids is 1. The highest BCUT2D eigenvalue weighted by Crippen LogP contribution is 2.33. The number of nitrogens with one attached hydrogen (secondary N) is 1. The molecule has 0 unspecified atom stereocenters. The number of alkyl halides is 2. The minimum Gasteiger partial charge on any atom is -0.476 e. The summed E-state index contributed by atoms with van der Waals surface area (Å²) in [5, 5.41) is 20.9. The predicted octanol–water partition coefficient (Wildman–Crippen LogP) is 6.63. The molecule has 0 aliphatic rings. The van der Waals surface area contributed by atoms with E-state index in [2.05, 4.69) is 25.1 Å². The van der Waals surface area contributed by atoms with Crippen LogP contribution in [0.25, 0.3) is 33.5 Å².